The summed E-state index contributed by atoms with van der Waals surface area (Å²) in [7, 11) is 0. The van der Waals surface area contributed by atoms with Gasteiger partial charge in [0.25, 0.3) is 11.8 Å². The fraction of sp³-hybridized carbons (Fsp3) is 0.267. The Morgan fingerprint density at radius 1 is 0.824 bits per heavy atom. The van der Waals surface area contributed by atoms with Gasteiger partial charge in [-0.2, -0.15) is 0 Å². The predicted octanol–water partition coefficient (Wildman–Crippen LogP) is 6.41. The molecule has 174 valence electrons. The maximum atomic E-state index is 13.9. The van der Waals surface area contributed by atoms with Gasteiger partial charge in [-0.3, -0.25) is 9.59 Å². The minimum absolute atomic E-state index is 0.0164. The molecule has 0 unspecified atom stereocenters. The van der Waals surface area contributed by atoms with Crippen LogP contribution in [0.4, 0.5) is 11.4 Å². The summed E-state index contributed by atoms with van der Waals surface area (Å²) in [6, 6.07) is 23.5. The summed E-state index contributed by atoms with van der Waals surface area (Å²) in [6.45, 7) is 13.0. The first-order chi connectivity index (χ1) is 16.1. The average molecular weight is 453 g/mol. The molecule has 4 heteroatoms. The number of imide groups is 1. The fourth-order valence-electron chi connectivity index (χ4n) is 4.53. The van der Waals surface area contributed by atoms with Gasteiger partial charge in [-0.1, -0.05) is 74.9 Å². The quantitative estimate of drug-likeness (QED) is 0.420. The first kappa shape index (κ1) is 23.5. The minimum Gasteiger partial charge on any atom is -0.337 e. The SMILES string of the molecule is CCN(C1=C(c2ccc(C)cc2C)C(=O)N(c2ccc(C(C)(C)C)cc2)C1=O)c1ccccc1. The molecule has 0 atom stereocenters. The lowest BCUT2D eigenvalue weighted by molar-refractivity contribution is -0.120. The van der Waals surface area contributed by atoms with E-state index < -0.39 is 0 Å². The molecule has 1 heterocycles. The van der Waals surface area contributed by atoms with Gasteiger partial charge in [-0.15, -0.1) is 0 Å². The Morgan fingerprint density at radius 3 is 2.03 bits per heavy atom. The molecule has 0 saturated heterocycles. The summed E-state index contributed by atoms with van der Waals surface area (Å²) in [6.07, 6.45) is 0. The third-order valence-corrected chi connectivity index (χ3v) is 6.36. The van der Waals surface area contributed by atoms with Crippen molar-refractivity contribution in [2.75, 3.05) is 16.3 Å². The Balaban J connectivity index is 1.89. The van der Waals surface area contributed by atoms with Gasteiger partial charge in [0.1, 0.15) is 5.70 Å². The Hall–Kier alpha value is -3.66. The highest BCUT2D eigenvalue weighted by atomic mass is 16.2. The van der Waals surface area contributed by atoms with Gasteiger partial charge < -0.3 is 4.90 Å². The van der Waals surface area contributed by atoms with Crippen LogP contribution in [-0.4, -0.2) is 18.4 Å². The first-order valence-corrected chi connectivity index (χ1v) is 11.8. The molecule has 0 aromatic heterocycles. The lowest BCUT2D eigenvalue weighted by Crippen LogP contribution is -2.35. The molecule has 0 bridgehead atoms. The number of aryl methyl sites for hydroxylation is 2. The summed E-state index contributed by atoms with van der Waals surface area (Å²) in [4.78, 5) is 31.1. The Kier molecular flexibility index (Phi) is 6.18. The smallest absolute Gasteiger partial charge is 0.282 e. The van der Waals surface area contributed by atoms with E-state index in [4.69, 9.17) is 0 Å². The van der Waals surface area contributed by atoms with E-state index in [-0.39, 0.29) is 17.2 Å². The molecule has 0 spiro atoms. The second kappa shape index (κ2) is 8.94. The van der Waals surface area contributed by atoms with Crippen molar-refractivity contribution in [2.24, 2.45) is 0 Å². The molecule has 0 radical (unpaired) electrons. The van der Waals surface area contributed by atoms with Crippen molar-refractivity contribution in [3.05, 3.63) is 101 Å². The molecule has 2 amide bonds. The third kappa shape index (κ3) is 4.16. The maximum Gasteiger partial charge on any atom is 0.282 e. The van der Waals surface area contributed by atoms with Crippen LogP contribution in [0.1, 0.15) is 49.9 Å². The molecule has 3 aromatic rings. The van der Waals surface area contributed by atoms with Gasteiger partial charge in [-0.05, 0) is 67.1 Å². The molecular weight excluding hydrogens is 420 g/mol. The monoisotopic (exact) mass is 452 g/mol. The molecule has 3 aromatic carbocycles. The fourth-order valence-corrected chi connectivity index (χ4v) is 4.53. The van der Waals surface area contributed by atoms with Crippen LogP contribution in [0.25, 0.3) is 5.57 Å². The van der Waals surface area contributed by atoms with Crippen LogP contribution < -0.4 is 9.80 Å². The van der Waals surface area contributed by atoms with Crippen molar-refractivity contribution < 1.29 is 9.59 Å². The summed E-state index contributed by atoms with van der Waals surface area (Å²) >= 11 is 0. The van der Waals surface area contributed by atoms with E-state index in [0.717, 1.165) is 27.9 Å². The molecule has 1 aliphatic heterocycles. The van der Waals surface area contributed by atoms with Crippen LogP contribution in [-0.2, 0) is 15.0 Å². The molecule has 0 saturated carbocycles. The number of likely N-dealkylation sites (N-methyl/N-ethyl adjacent to an activating group) is 1. The number of hydrogen-bond donors (Lipinski definition) is 0. The van der Waals surface area contributed by atoms with Crippen LogP contribution in [0, 0.1) is 13.8 Å². The predicted molar refractivity (Wildman–Crippen MR) is 140 cm³/mol. The van der Waals surface area contributed by atoms with E-state index in [1.54, 1.807) is 0 Å². The van der Waals surface area contributed by atoms with Crippen molar-refractivity contribution in [1.82, 2.24) is 0 Å². The van der Waals surface area contributed by atoms with Crippen LogP contribution in [0.15, 0.2) is 78.5 Å². The third-order valence-electron chi connectivity index (χ3n) is 6.36. The largest absolute Gasteiger partial charge is 0.337 e. The van der Waals surface area contributed by atoms with Gasteiger partial charge in [0, 0.05) is 12.2 Å². The highest BCUT2D eigenvalue weighted by Crippen LogP contribution is 2.38. The van der Waals surface area contributed by atoms with E-state index in [9.17, 15) is 9.59 Å². The van der Waals surface area contributed by atoms with E-state index in [1.807, 2.05) is 92.4 Å². The highest BCUT2D eigenvalue weighted by Gasteiger charge is 2.43. The number of anilines is 2. The Labute approximate surface area is 202 Å². The number of carbonyl (C=O) groups is 2. The zero-order valence-corrected chi connectivity index (χ0v) is 20.8. The second-order valence-corrected chi connectivity index (χ2v) is 9.86. The second-order valence-electron chi connectivity index (χ2n) is 9.86. The van der Waals surface area contributed by atoms with Crippen molar-refractivity contribution in [2.45, 2.75) is 47.0 Å². The molecule has 34 heavy (non-hydrogen) atoms. The van der Waals surface area contributed by atoms with Crippen molar-refractivity contribution in [1.29, 1.82) is 0 Å². The van der Waals surface area contributed by atoms with Crippen LogP contribution in [0.5, 0.6) is 0 Å². The first-order valence-electron chi connectivity index (χ1n) is 11.8. The number of carbonyl (C=O) groups excluding carboxylic acids is 2. The molecule has 0 N–H and O–H groups in total. The number of rotatable bonds is 5. The average Bonchev–Trinajstić information content (AvgIpc) is 3.05. The number of benzene rings is 3. The lowest BCUT2D eigenvalue weighted by atomic mass is 9.87. The summed E-state index contributed by atoms with van der Waals surface area (Å²) < 4.78 is 0. The zero-order chi connectivity index (χ0) is 24.6. The molecule has 4 nitrogen and oxygen atoms in total. The van der Waals surface area contributed by atoms with Crippen molar-refractivity contribution >= 4 is 28.8 Å². The van der Waals surface area contributed by atoms with Gasteiger partial charge >= 0.3 is 0 Å². The minimum atomic E-state index is -0.297. The number of para-hydroxylation sites is 1. The van der Waals surface area contributed by atoms with Gasteiger partial charge in [0.15, 0.2) is 0 Å². The summed E-state index contributed by atoms with van der Waals surface area (Å²) in [5, 5.41) is 0. The summed E-state index contributed by atoms with van der Waals surface area (Å²) in [5.41, 5.74) is 6.36. The Morgan fingerprint density at radius 2 is 1.47 bits per heavy atom. The Bertz CT molecular complexity index is 1270. The zero-order valence-electron chi connectivity index (χ0n) is 20.8. The van der Waals surface area contributed by atoms with E-state index in [2.05, 4.69) is 26.8 Å². The van der Waals surface area contributed by atoms with E-state index >= 15 is 0 Å². The molecule has 1 aliphatic rings. The number of nitrogens with zero attached hydrogens (tertiary/aromatic N) is 2. The normalized spacial score (nSPS) is 14.2. The number of amides is 2. The highest BCUT2D eigenvalue weighted by molar-refractivity contribution is 6.46. The van der Waals surface area contributed by atoms with Gasteiger partial charge in [0.2, 0.25) is 0 Å². The molecule has 0 fully saturated rings. The molecular formula is C30H32N2O2. The van der Waals surface area contributed by atoms with E-state index in [1.165, 1.54) is 4.90 Å². The molecule has 0 aliphatic carbocycles. The van der Waals surface area contributed by atoms with Crippen LogP contribution >= 0.6 is 0 Å². The van der Waals surface area contributed by atoms with Crippen molar-refractivity contribution in [3.8, 4) is 0 Å². The maximum absolute atomic E-state index is 13.9. The van der Waals surface area contributed by atoms with Gasteiger partial charge in [0.05, 0.1) is 11.3 Å². The summed E-state index contributed by atoms with van der Waals surface area (Å²) in [5.74, 6) is -0.584. The van der Waals surface area contributed by atoms with E-state index in [0.29, 0.717) is 23.5 Å². The van der Waals surface area contributed by atoms with Crippen LogP contribution in [0.2, 0.25) is 0 Å². The number of hydrogen-bond acceptors (Lipinski definition) is 3. The standard InChI is InChI=1S/C30H32N2O2/c1-7-31(23-11-9-8-10-12-23)27-26(25-18-13-20(2)19-21(25)3)28(33)32(29(27)34)24-16-14-22(15-17-24)30(4,5)6/h8-19H,7H2,1-6H3. The lowest BCUT2D eigenvalue weighted by Gasteiger charge is -2.25. The molecule has 4 rings (SSSR count). The van der Waals surface area contributed by atoms with Crippen LogP contribution in [0.3, 0.4) is 0 Å². The topological polar surface area (TPSA) is 40.6 Å². The van der Waals surface area contributed by atoms with Gasteiger partial charge in [-0.25, -0.2) is 4.90 Å². The van der Waals surface area contributed by atoms with Crippen molar-refractivity contribution in [3.63, 3.8) is 0 Å².